The summed E-state index contributed by atoms with van der Waals surface area (Å²) in [6, 6.07) is 19.0. The molecule has 0 saturated carbocycles. The van der Waals surface area contributed by atoms with E-state index < -0.39 is 0 Å². The van der Waals surface area contributed by atoms with E-state index in [9.17, 15) is 4.91 Å². The maximum atomic E-state index is 11.8. The Balaban J connectivity index is 1.63. The Hall–Kier alpha value is -1.52. The molecule has 2 nitrogen and oxygen atoms in total. The van der Waals surface area contributed by atoms with Crippen LogP contribution in [0, 0.1) is 4.91 Å². The molecule has 0 spiro atoms. The summed E-state index contributed by atoms with van der Waals surface area (Å²) in [7, 11) is 0. The standard InChI is InChI=1S/C22H25NOS2/c24-23-21-20-15-5-4-13-19(20)14-7-9-17-26-22(21)25-16-8-6-12-18-10-2-1-3-11-18/h1-5,10-11,13,15H,6-9,12,14,16-17H2/p+1. The molecule has 0 unspecified atom stereocenters. The van der Waals surface area contributed by atoms with E-state index in [0.717, 1.165) is 46.3 Å². The van der Waals surface area contributed by atoms with E-state index in [2.05, 4.69) is 53.7 Å². The SMILES string of the molecule is O=[NH+]C1=C(SCCCCc2ccccc2)SCCCCc2ccccc21. The molecule has 136 valence electrons. The highest BCUT2D eigenvalue weighted by Crippen LogP contribution is 2.36. The first-order valence-electron chi connectivity index (χ1n) is 9.38. The Labute approximate surface area is 164 Å². The number of aryl methyl sites for hydroxylation is 2. The fourth-order valence-corrected chi connectivity index (χ4v) is 5.69. The molecular formula is C22H26NOS2+. The van der Waals surface area contributed by atoms with E-state index in [1.807, 2.05) is 29.6 Å². The Morgan fingerprint density at radius 3 is 2.62 bits per heavy atom. The number of hydrogen-bond acceptors (Lipinski definition) is 3. The first-order chi connectivity index (χ1) is 12.9. The molecule has 0 fully saturated rings. The zero-order valence-electron chi connectivity index (χ0n) is 15.1. The lowest BCUT2D eigenvalue weighted by Gasteiger charge is -2.07. The number of benzene rings is 2. The summed E-state index contributed by atoms with van der Waals surface area (Å²) >= 11 is 3.68. The molecule has 0 aromatic heterocycles. The number of fused-ring (bicyclic) bond motifs is 1. The lowest BCUT2D eigenvalue weighted by molar-refractivity contribution is -0.369. The van der Waals surface area contributed by atoms with Crippen LogP contribution in [0.5, 0.6) is 0 Å². The van der Waals surface area contributed by atoms with Crippen LogP contribution in [0.1, 0.15) is 42.4 Å². The van der Waals surface area contributed by atoms with Crippen LogP contribution in [0.4, 0.5) is 0 Å². The third-order valence-electron chi connectivity index (χ3n) is 4.60. The predicted molar refractivity (Wildman–Crippen MR) is 115 cm³/mol. The molecule has 1 aliphatic rings. The minimum Gasteiger partial charge on any atom is -0.112 e. The van der Waals surface area contributed by atoms with Gasteiger partial charge in [-0.05, 0) is 67.2 Å². The van der Waals surface area contributed by atoms with Crippen LogP contribution in [0.3, 0.4) is 0 Å². The lowest BCUT2D eigenvalue weighted by atomic mass is 10.0. The molecule has 1 N–H and O–H groups in total. The van der Waals surface area contributed by atoms with Crippen molar-refractivity contribution in [2.24, 2.45) is 0 Å². The first kappa shape index (κ1) is 19.2. The second kappa shape index (κ2) is 10.6. The maximum Gasteiger partial charge on any atom is 0.280 e. The molecule has 3 rings (SSSR count). The van der Waals surface area contributed by atoms with Gasteiger partial charge in [0.05, 0.1) is 5.56 Å². The minimum atomic E-state index is 0.778. The van der Waals surface area contributed by atoms with Crippen LogP contribution >= 0.6 is 23.5 Å². The van der Waals surface area contributed by atoms with Crippen molar-refractivity contribution < 1.29 is 5.18 Å². The van der Waals surface area contributed by atoms with E-state index in [1.54, 1.807) is 0 Å². The molecular weight excluding hydrogens is 358 g/mol. The van der Waals surface area contributed by atoms with Crippen LogP contribution in [0.25, 0.3) is 5.70 Å². The number of nitroso groups, excluding NO2 is 1. The monoisotopic (exact) mass is 384 g/mol. The Bertz CT molecular complexity index is 743. The molecule has 1 heterocycles. The van der Waals surface area contributed by atoms with E-state index in [-0.39, 0.29) is 0 Å². The summed E-state index contributed by atoms with van der Waals surface area (Å²) < 4.78 is 1.16. The van der Waals surface area contributed by atoms with Crippen LogP contribution < -0.4 is 5.18 Å². The van der Waals surface area contributed by atoms with Crippen LogP contribution in [-0.4, -0.2) is 11.5 Å². The summed E-state index contributed by atoms with van der Waals surface area (Å²) in [4.78, 5) is 11.8. The summed E-state index contributed by atoms with van der Waals surface area (Å²) in [5, 5.41) is 2.26. The van der Waals surface area contributed by atoms with Gasteiger partial charge in [-0.25, -0.2) is 0 Å². The Morgan fingerprint density at radius 2 is 1.77 bits per heavy atom. The van der Waals surface area contributed by atoms with Gasteiger partial charge in [0, 0.05) is 10.1 Å². The van der Waals surface area contributed by atoms with E-state index in [1.165, 1.54) is 30.4 Å². The molecule has 26 heavy (non-hydrogen) atoms. The number of nitrogens with one attached hydrogen (secondary N) is 1. The molecule has 2 aromatic rings. The number of rotatable bonds is 7. The normalized spacial score (nSPS) is 14.9. The molecule has 4 heteroatoms. The summed E-state index contributed by atoms with van der Waals surface area (Å²) in [5.74, 6) is 2.15. The molecule has 1 aliphatic heterocycles. The van der Waals surface area contributed by atoms with E-state index in [0.29, 0.717) is 0 Å². The van der Waals surface area contributed by atoms with Crippen molar-refractivity contribution in [3.8, 4) is 0 Å². The lowest BCUT2D eigenvalue weighted by Crippen LogP contribution is -2.60. The van der Waals surface area contributed by atoms with Gasteiger partial charge < -0.3 is 0 Å². The van der Waals surface area contributed by atoms with Gasteiger partial charge in [-0.1, -0.05) is 48.5 Å². The zero-order valence-corrected chi connectivity index (χ0v) is 16.7. The average molecular weight is 385 g/mol. The second-order valence-electron chi connectivity index (χ2n) is 6.52. The van der Waals surface area contributed by atoms with E-state index in [4.69, 9.17) is 0 Å². The van der Waals surface area contributed by atoms with Crippen molar-refractivity contribution in [3.05, 3.63) is 80.4 Å². The molecule has 0 radical (unpaired) electrons. The van der Waals surface area contributed by atoms with Gasteiger partial charge in [0.25, 0.3) is 5.70 Å². The molecule has 0 atom stereocenters. The molecule has 0 aliphatic carbocycles. The second-order valence-corrected chi connectivity index (χ2v) is 8.99. The van der Waals surface area contributed by atoms with Crippen LogP contribution in [-0.2, 0) is 12.8 Å². The van der Waals surface area contributed by atoms with Gasteiger partial charge in [0.2, 0.25) is 0 Å². The number of hydrogen-bond donors (Lipinski definition) is 1. The zero-order chi connectivity index (χ0) is 18.0. The highest BCUT2D eigenvalue weighted by Gasteiger charge is 2.21. The summed E-state index contributed by atoms with van der Waals surface area (Å²) in [5.41, 5.74) is 4.56. The van der Waals surface area contributed by atoms with Crippen molar-refractivity contribution in [1.82, 2.24) is 0 Å². The minimum absolute atomic E-state index is 0.778. The number of thioether (sulfide) groups is 2. The average Bonchev–Trinajstić information content (AvgIpc) is 2.77. The van der Waals surface area contributed by atoms with Crippen molar-refractivity contribution in [2.45, 2.75) is 38.5 Å². The largest absolute Gasteiger partial charge is 0.280 e. The highest BCUT2D eigenvalue weighted by molar-refractivity contribution is 8.22. The number of unbranched alkanes of at least 4 members (excludes halogenated alkanes) is 1. The predicted octanol–water partition coefficient (Wildman–Crippen LogP) is 4.99. The van der Waals surface area contributed by atoms with Gasteiger partial charge in [-0.3, -0.25) is 0 Å². The van der Waals surface area contributed by atoms with Crippen molar-refractivity contribution in [1.29, 1.82) is 0 Å². The maximum absolute atomic E-state index is 11.8. The molecule has 2 aromatic carbocycles. The van der Waals surface area contributed by atoms with Crippen LogP contribution in [0.15, 0.2) is 58.8 Å². The quantitative estimate of drug-likeness (QED) is 0.683. The third-order valence-corrected chi connectivity index (χ3v) is 7.23. The summed E-state index contributed by atoms with van der Waals surface area (Å²) in [6.07, 6.45) is 6.91. The van der Waals surface area contributed by atoms with Crippen molar-refractivity contribution in [2.75, 3.05) is 11.5 Å². The molecule has 0 amide bonds. The molecule has 0 bridgehead atoms. The van der Waals surface area contributed by atoms with Crippen molar-refractivity contribution in [3.63, 3.8) is 0 Å². The summed E-state index contributed by atoms with van der Waals surface area (Å²) in [6.45, 7) is 0. The smallest absolute Gasteiger partial charge is 0.112 e. The molecule has 0 saturated heterocycles. The van der Waals surface area contributed by atoms with Gasteiger partial charge in [-0.2, -0.15) is 0 Å². The van der Waals surface area contributed by atoms with Gasteiger partial charge in [0.15, 0.2) is 0 Å². The third kappa shape index (κ3) is 5.49. The topological polar surface area (TPSA) is 31.0 Å². The van der Waals surface area contributed by atoms with Gasteiger partial charge in [-0.15, -0.1) is 23.5 Å². The van der Waals surface area contributed by atoms with Gasteiger partial charge in [0.1, 0.15) is 4.24 Å². The fraction of sp³-hybridized carbons (Fsp3) is 0.364. The highest BCUT2D eigenvalue weighted by atomic mass is 32.2. The first-order valence-corrected chi connectivity index (χ1v) is 11.4. The van der Waals surface area contributed by atoms with Crippen LogP contribution in [0.2, 0.25) is 0 Å². The van der Waals surface area contributed by atoms with E-state index >= 15 is 0 Å². The Kier molecular flexibility index (Phi) is 7.84. The van der Waals surface area contributed by atoms with Gasteiger partial charge >= 0.3 is 0 Å². The Morgan fingerprint density at radius 1 is 0.962 bits per heavy atom. The fourth-order valence-electron chi connectivity index (χ4n) is 3.20. The van der Waals surface area contributed by atoms with Crippen molar-refractivity contribution >= 4 is 29.2 Å².